The number of rotatable bonds is 7. The Labute approximate surface area is 157 Å². The Balaban J connectivity index is 2.59. The zero-order valence-electron chi connectivity index (χ0n) is 15.2. The van der Waals surface area contributed by atoms with Gasteiger partial charge >= 0.3 is 5.97 Å². The molecule has 144 valence electrons. The summed E-state index contributed by atoms with van der Waals surface area (Å²) >= 11 is 0. The standard InChI is InChI=1S/C18H20N2O6S/c1-13(2)14-8-10-15(11-9-14)19(12-18(21)26-3)27(24,25)17-7-5-4-6-16(17)20(22)23/h4-11,13H,12H2,1-3H3. The Kier molecular flexibility index (Phi) is 6.17. The molecule has 2 aromatic carbocycles. The number of anilines is 1. The third-order valence-electron chi connectivity index (χ3n) is 3.98. The molecule has 0 saturated carbocycles. The van der Waals surface area contributed by atoms with Gasteiger partial charge in [0.05, 0.1) is 17.7 Å². The highest BCUT2D eigenvalue weighted by atomic mass is 32.2. The lowest BCUT2D eigenvalue weighted by Gasteiger charge is -2.23. The van der Waals surface area contributed by atoms with Gasteiger partial charge in [0.25, 0.3) is 15.7 Å². The van der Waals surface area contributed by atoms with Crippen molar-refractivity contribution in [2.24, 2.45) is 0 Å². The zero-order valence-corrected chi connectivity index (χ0v) is 16.0. The maximum Gasteiger partial charge on any atom is 0.326 e. The van der Waals surface area contributed by atoms with E-state index in [1.54, 1.807) is 24.3 Å². The molecule has 8 nitrogen and oxygen atoms in total. The van der Waals surface area contributed by atoms with E-state index in [1.165, 1.54) is 12.1 Å². The molecule has 9 heteroatoms. The van der Waals surface area contributed by atoms with Crippen LogP contribution in [0, 0.1) is 10.1 Å². The number of ether oxygens (including phenoxy) is 1. The van der Waals surface area contributed by atoms with E-state index in [9.17, 15) is 23.3 Å². The van der Waals surface area contributed by atoms with Gasteiger partial charge in [-0.25, -0.2) is 8.42 Å². The summed E-state index contributed by atoms with van der Waals surface area (Å²) in [6.07, 6.45) is 0. The van der Waals surface area contributed by atoms with Crippen LogP contribution >= 0.6 is 0 Å². The van der Waals surface area contributed by atoms with Crippen LogP contribution in [0.5, 0.6) is 0 Å². The molecule has 0 aliphatic heterocycles. The number of nitro groups is 1. The Morgan fingerprint density at radius 2 is 1.74 bits per heavy atom. The third kappa shape index (κ3) is 4.43. The molecule has 0 saturated heterocycles. The number of methoxy groups -OCH3 is 1. The number of nitro benzene ring substituents is 1. The van der Waals surface area contributed by atoms with E-state index in [1.807, 2.05) is 13.8 Å². The largest absolute Gasteiger partial charge is 0.468 e. The topological polar surface area (TPSA) is 107 Å². The van der Waals surface area contributed by atoms with Crippen molar-refractivity contribution in [2.45, 2.75) is 24.7 Å². The quantitative estimate of drug-likeness (QED) is 0.407. The highest BCUT2D eigenvalue weighted by Gasteiger charge is 2.33. The number of nitrogens with zero attached hydrogens (tertiary/aromatic N) is 2. The molecule has 0 bridgehead atoms. The molecule has 2 aromatic rings. The first-order valence-electron chi connectivity index (χ1n) is 8.11. The van der Waals surface area contributed by atoms with Crippen molar-refractivity contribution in [3.63, 3.8) is 0 Å². The molecule has 0 amide bonds. The van der Waals surface area contributed by atoms with Crippen molar-refractivity contribution < 1.29 is 22.9 Å². The van der Waals surface area contributed by atoms with Crippen LogP contribution in [0.2, 0.25) is 0 Å². The molecular weight excluding hydrogens is 372 g/mol. The van der Waals surface area contributed by atoms with Crippen molar-refractivity contribution in [1.82, 2.24) is 0 Å². The van der Waals surface area contributed by atoms with E-state index in [4.69, 9.17) is 0 Å². The molecule has 0 spiro atoms. The number of hydrogen-bond acceptors (Lipinski definition) is 6. The normalized spacial score (nSPS) is 11.3. The summed E-state index contributed by atoms with van der Waals surface area (Å²) in [6, 6.07) is 11.6. The smallest absolute Gasteiger partial charge is 0.326 e. The predicted octanol–water partition coefficient (Wildman–Crippen LogP) is 3.09. The molecule has 0 N–H and O–H groups in total. The van der Waals surface area contributed by atoms with Crippen molar-refractivity contribution in [3.8, 4) is 0 Å². The Morgan fingerprint density at radius 1 is 1.15 bits per heavy atom. The summed E-state index contributed by atoms with van der Waals surface area (Å²) < 4.78 is 31.7. The molecule has 0 radical (unpaired) electrons. The van der Waals surface area contributed by atoms with Gasteiger partial charge in [0.15, 0.2) is 4.90 Å². The molecule has 27 heavy (non-hydrogen) atoms. The number of esters is 1. The van der Waals surface area contributed by atoms with Crippen LogP contribution in [-0.2, 0) is 19.6 Å². The van der Waals surface area contributed by atoms with Crippen molar-refractivity contribution in [3.05, 3.63) is 64.2 Å². The van der Waals surface area contributed by atoms with Crippen molar-refractivity contribution >= 4 is 27.4 Å². The zero-order chi connectivity index (χ0) is 20.2. The Hall–Kier alpha value is -2.94. The number of carbonyl (C=O) groups is 1. The van der Waals surface area contributed by atoms with Crippen LogP contribution in [0.25, 0.3) is 0 Å². The minimum atomic E-state index is -4.38. The molecule has 0 fully saturated rings. The van der Waals surface area contributed by atoms with Gasteiger partial charge in [-0.05, 0) is 29.7 Å². The average Bonchev–Trinajstić information content (AvgIpc) is 2.65. The fraction of sp³-hybridized carbons (Fsp3) is 0.278. The molecule has 0 atom stereocenters. The van der Waals surface area contributed by atoms with Gasteiger partial charge in [-0.3, -0.25) is 19.2 Å². The lowest BCUT2D eigenvalue weighted by molar-refractivity contribution is -0.387. The molecule has 0 aliphatic carbocycles. The second-order valence-electron chi connectivity index (χ2n) is 6.06. The number of sulfonamides is 1. The maximum absolute atomic E-state index is 13.1. The fourth-order valence-corrected chi connectivity index (χ4v) is 4.04. The van der Waals surface area contributed by atoms with Crippen LogP contribution < -0.4 is 4.31 Å². The second kappa shape index (κ2) is 8.17. The monoisotopic (exact) mass is 392 g/mol. The summed E-state index contributed by atoms with van der Waals surface area (Å²) in [5.74, 6) is -0.551. The molecule has 0 aromatic heterocycles. The summed E-state index contributed by atoms with van der Waals surface area (Å²) in [5, 5.41) is 11.3. The van der Waals surface area contributed by atoms with Crippen molar-refractivity contribution in [1.29, 1.82) is 0 Å². The molecule has 0 heterocycles. The van der Waals surface area contributed by atoms with Gasteiger partial charge in [0.2, 0.25) is 0 Å². The number of para-hydroxylation sites is 1. The van der Waals surface area contributed by atoms with E-state index in [-0.39, 0.29) is 11.6 Å². The van der Waals surface area contributed by atoms with Crippen LogP contribution in [0.4, 0.5) is 11.4 Å². The van der Waals surface area contributed by atoms with E-state index in [0.717, 1.165) is 29.1 Å². The van der Waals surface area contributed by atoms with Crippen LogP contribution in [0.3, 0.4) is 0 Å². The van der Waals surface area contributed by atoms with E-state index >= 15 is 0 Å². The number of hydrogen-bond donors (Lipinski definition) is 0. The van der Waals surface area contributed by atoms with Gasteiger partial charge < -0.3 is 4.74 Å². The van der Waals surface area contributed by atoms with Gasteiger partial charge in [-0.2, -0.15) is 0 Å². The van der Waals surface area contributed by atoms with Gasteiger partial charge in [0.1, 0.15) is 6.54 Å². The minimum Gasteiger partial charge on any atom is -0.468 e. The fourth-order valence-electron chi connectivity index (χ4n) is 2.47. The third-order valence-corrected chi connectivity index (χ3v) is 5.80. The Morgan fingerprint density at radius 3 is 2.26 bits per heavy atom. The highest BCUT2D eigenvalue weighted by molar-refractivity contribution is 7.93. The summed E-state index contributed by atoms with van der Waals surface area (Å²) in [4.78, 5) is 21.8. The first kappa shape index (κ1) is 20.4. The second-order valence-corrected chi connectivity index (χ2v) is 7.89. The minimum absolute atomic E-state index is 0.211. The molecule has 0 aliphatic rings. The SMILES string of the molecule is COC(=O)CN(c1ccc(C(C)C)cc1)S(=O)(=O)c1ccccc1[N+](=O)[O-]. The summed E-state index contributed by atoms with van der Waals surface area (Å²) in [6.45, 7) is 3.38. The summed E-state index contributed by atoms with van der Waals surface area (Å²) in [5.41, 5.74) is 0.633. The van der Waals surface area contributed by atoms with Gasteiger partial charge in [-0.15, -0.1) is 0 Å². The van der Waals surface area contributed by atoms with E-state index in [0.29, 0.717) is 0 Å². The van der Waals surface area contributed by atoms with E-state index in [2.05, 4.69) is 4.74 Å². The lowest BCUT2D eigenvalue weighted by atomic mass is 10.0. The van der Waals surface area contributed by atoms with Gasteiger partial charge in [-0.1, -0.05) is 38.1 Å². The lowest BCUT2D eigenvalue weighted by Crippen LogP contribution is -2.36. The Bertz CT molecular complexity index is 939. The number of carbonyl (C=O) groups excluding carboxylic acids is 1. The first-order chi connectivity index (χ1) is 12.7. The van der Waals surface area contributed by atoms with Gasteiger partial charge in [0, 0.05) is 6.07 Å². The van der Waals surface area contributed by atoms with Crippen LogP contribution in [0.15, 0.2) is 53.4 Å². The molecule has 0 unspecified atom stereocenters. The van der Waals surface area contributed by atoms with Crippen molar-refractivity contribution in [2.75, 3.05) is 18.0 Å². The first-order valence-corrected chi connectivity index (χ1v) is 9.55. The number of benzene rings is 2. The summed E-state index contributed by atoms with van der Waals surface area (Å²) in [7, 11) is -3.24. The van der Waals surface area contributed by atoms with Crippen LogP contribution in [-0.4, -0.2) is 33.0 Å². The molecular formula is C18H20N2O6S. The average molecular weight is 392 g/mol. The van der Waals surface area contributed by atoms with E-state index < -0.39 is 38.0 Å². The molecule has 2 rings (SSSR count). The van der Waals surface area contributed by atoms with Crippen LogP contribution in [0.1, 0.15) is 25.3 Å². The maximum atomic E-state index is 13.1. The highest BCUT2D eigenvalue weighted by Crippen LogP contribution is 2.30. The predicted molar refractivity (Wildman–Crippen MR) is 100 cm³/mol.